The minimum Gasteiger partial charge on any atom is -0.385 e. The Labute approximate surface area is 144 Å². The van der Waals surface area contributed by atoms with E-state index in [0.717, 1.165) is 12.0 Å². The Morgan fingerprint density at radius 2 is 2.00 bits per heavy atom. The van der Waals surface area contributed by atoms with E-state index in [2.05, 4.69) is 0 Å². The summed E-state index contributed by atoms with van der Waals surface area (Å²) in [6.07, 6.45) is 2.00. The average Bonchev–Trinajstić information content (AvgIpc) is 3.05. The van der Waals surface area contributed by atoms with Gasteiger partial charge in [-0.15, -0.1) is 0 Å². The molecule has 6 nitrogen and oxygen atoms in total. The smallest absolute Gasteiger partial charge is 0.243 e. The maximum absolute atomic E-state index is 12.9. The van der Waals surface area contributed by atoms with E-state index in [4.69, 9.17) is 4.74 Å². The zero-order valence-electron chi connectivity index (χ0n) is 14.6. The van der Waals surface area contributed by atoms with Gasteiger partial charge in [0.05, 0.1) is 4.90 Å². The molecule has 0 saturated carbocycles. The molecular weight excluding hydrogens is 328 g/mol. The van der Waals surface area contributed by atoms with Crippen LogP contribution in [-0.2, 0) is 19.6 Å². The second kappa shape index (κ2) is 8.09. The molecule has 134 valence electrons. The van der Waals surface area contributed by atoms with Crippen molar-refractivity contribution in [2.24, 2.45) is 0 Å². The fourth-order valence-corrected chi connectivity index (χ4v) is 4.58. The number of aryl methyl sites for hydroxylation is 1. The Morgan fingerprint density at radius 1 is 1.33 bits per heavy atom. The molecule has 2 rings (SSSR count). The summed E-state index contributed by atoms with van der Waals surface area (Å²) in [5.41, 5.74) is 1.00. The molecule has 0 unspecified atom stereocenters. The molecule has 0 radical (unpaired) electrons. The standard InChI is InChI=1S/C17H26N2O4S/c1-14-7-9-15(10-8-14)24(21,22)19-12-4-6-16(19)17(20)18(2)11-5-13-23-3/h7-10,16H,4-6,11-13H2,1-3H3/t16-/m0/s1. The molecule has 0 bridgehead atoms. The minimum atomic E-state index is -3.65. The van der Waals surface area contributed by atoms with Crippen LogP contribution >= 0.6 is 0 Å². The normalized spacial score (nSPS) is 18.7. The Bertz CT molecular complexity index is 658. The lowest BCUT2D eigenvalue weighted by atomic mass is 10.2. The summed E-state index contributed by atoms with van der Waals surface area (Å²) < 4.78 is 32.1. The Morgan fingerprint density at radius 3 is 2.62 bits per heavy atom. The van der Waals surface area contributed by atoms with Crippen LogP contribution in [0, 0.1) is 6.92 Å². The number of hydrogen-bond donors (Lipinski definition) is 0. The molecule has 1 aromatic carbocycles. The summed E-state index contributed by atoms with van der Waals surface area (Å²) in [5, 5.41) is 0. The highest BCUT2D eigenvalue weighted by atomic mass is 32.2. The van der Waals surface area contributed by atoms with Gasteiger partial charge in [0.2, 0.25) is 15.9 Å². The second-order valence-corrected chi connectivity index (χ2v) is 8.08. The van der Waals surface area contributed by atoms with Crippen molar-refractivity contribution in [1.82, 2.24) is 9.21 Å². The minimum absolute atomic E-state index is 0.140. The van der Waals surface area contributed by atoms with Crippen molar-refractivity contribution in [3.63, 3.8) is 0 Å². The summed E-state index contributed by atoms with van der Waals surface area (Å²) in [7, 11) is -0.312. The van der Waals surface area contributed by atoms with Gasteiger partial charge in [0.15, 0.2) is 0 Å². The van der Waals surface area contributed by atoms with Gasteiger partial charge in [-0.2, -0.15) is 4.31 Å². The second-order valence-electron chi connectivity index (χ2n) is 6.19. The van der Waals surface area contributed by atoms with E-state index in [9.17, 15) is 13.2 Å². The van der Waals surface area contributed by atoms with Gasteiger partial charge in [0.25, 0.3) is 0 Å². The van der Waals surface area contributed by atoms with Crippen LogP contribution in [0.2, 0.25) is 0 Å². The first-order valence-electron chi connectivity index (χ1n) is 8.20. The molecule has 0 N–H and O–H groups in total. The van der Waals surface area contributed by atoms with E-state index < -0.39 is 16.1 Å². The first-order chi connectivity index (χ1) is 11.4. The van der Waals surface area contributed by atoms with Crippen LogP contribution in [0.5, 0.6) is 0 Å². The number of likely N-dealkylation sites (N-methyl/N-ethyl adjacent to an activating group) is 1. The first-order valence-corrected chi connectivity index (χ1v) is 9.64. The molecule has 1 aromatic rings. The summed E-state index contributed by atoms with van der Waals surface area (Å²) >= 11 is 0. The third-order valence-corrected chi connectivity index (χ3v) is 6.26. The van der Waals surface area contributed by atoms with Gasteiger partial charge in [-0.3, -0.25) is 4.79 Å². The number of benzene rings is 1. The number of hydrogen-bond acceptors (Lipinski definition) is 4. The molecular formula is C17H26N2O4S. The molecule has 24 heavy (non-hydrogen) atoms. The van der Waals surface area contributed by atoms with Gasteiger partial charge in [-0.1, -0.05) is 17.7 Å². The Hall–Kier alpha value is -1.44. The van der Waals surface area contributed by atoms with Crippen molar-refractivity contribution in [2.75, 3.05) is 33.9 Å². The number of ether oxygens (including phenoxy) is 1. The highest BCUT2D eigenvalue weighted by Gasteiger charge is 2.40. The number of amides is 1. The van der Waals surface area contributed by atoms with Crippen LogP contribution in [-0.4, -0.2) is 63.4 Å². The lowest BCUT2D eigenvalue weighted by Gasteiger charge is -2.27. The third-order valence-electron chi connectivity index (χ3n) is 4.33. The fraction of sp³-hybridized carbons (Fsp3) is 0.588. The Kier molecular flexibility index (Phi) is 6.37. The maximum Gasteiger partial charge on any atom is 0.243 e. The molecule has 1 aliphatic rings. The highest BCUT2D eigenvalue weighted by Crippen LogP contribution is 2.27. The number of methoxy groups -OCH3 is 1. The zero-order chi connectivity index (χ0) is 17.7. The van der Waals surface area contributed by atoms with Crippen molar-refractivity contribution in [2.45, 2.75) is 37.1 Å². The number of carbonyl (C=O) groups is 1. The van der Waals surface area contributed by atoms with Gasteiger partial charge in [0.1, 0.15) is 6.04 Å². The lowest BCUT2D eigenvalue weighted by molar-refractivity contribution is -0.133. The number of carbonyl (C=O) groups excluding carboxylic acids is 1. The van der Waals surface area contributed by atoms with E-state index in [0.29, 0.717) is 32.5 Å². The molecule has 0 aliphatic carbocycles. The topological polar surface area (TPSA) is 66.9 Å². The van der Waals surface area contributed by atoms with E-state index >= 15 is 0 Å². The van der Waals surface area contributed by atoms with E-state index in [1.807, 2.05) is 6.92 Å². The van der Waals surface area contributed by atoms with Crippen LogP contribution in [0.4, 0.5) is 0 Å². The molecule has 1 fully saturated rings. The molecule has 1 saturated heterocycles. The van der Waals surface area contributed by atoms with Crippen LogP contribution < -0.4 is 0 Å². The number of rotatable bonds is 7. The predicted octanol–water partition coefficient (Wildman–Crippen LogP) is 1.64. The van der Waals surface area contributed by atoms with Gasteiger partial charge in [0, 0.05) is 33.9 Å². The van der Waals surface area contributed by atoms with Crippen molar-refractivity contribution in [3.8, 4) is 0 Å². The number of sulfonamides is 1. The van der Waals surface area contributed by atoms with Crippen LogP contribution in [0.25, 0.3) is 0 Å². The Balaban J connectivity index is 2.14. The molecule has 1 atom stereocenters. The summed E-state index contributed by atoms with van der Waals surface area (Å²) in [5.74, 6) is -0.140. The first kappa shape index (κ1) is 18.9. The van der Waals surface area contributed by atoms with Gasteiger partial charge >= 0.3 is 0 Å². The summed E-state index contributed by atoms with van der Waals surface area (Å²) in [4.78, 5) is 14.5. The maximum atomic E-state index is 12.9. The van der Waals surface area contributed by atoms with Crippen molar-refractivity contribution < 1.29 is 17.9 Å². The van der Waals surface area contributed by atoms with Crippen LogP contribution in [0.15, 0.2) is 29.2 Å². The van der Waals surface area contributed by atoms with Crippen molar-refractivity contribution in [1.29, 1.82) is 0 Å². The highest BCUT2D eigenvalue weighted by molar-refractivity contribution is 7.89. The zero-order valence-corrected chi connectivity index (χ0v) is 15.4. The van der Waals surface area contributed by atoms with Gasteiger partial charge in [-0.05, 0) is 38.3 Å². The molecule has 1 aliphatic heterocycles. The van der Waals surface area contributed by atoms with E-state index in [-0.39, 0.29) is 10.8 Å². The molecule has 1 heterocycles. The van der Waals surface area contributed by atoms with Crippen molar-refractivity contribution in [3.05, 3.63) is 29.8 Å². The third kappa shape index (κ3) is 4.15. The average molecular weight is 354 g/mol. The predicted molar refractivity (Wildman–Crippen MR) is 92.2 cm³/mol. The van der Waals surface area contributed by atoms with Gasteiger partial charge < -0.3 is 9.64 Å². The van der Waals surface area contributed by atoms with Crippen LogP contribution in [0.3, 0.4) is 0 Å². The lowest BCUT2D eigenvalue weighted by Crippen LogP contribution is -2.46. The molecule has 0 spiro atoms. The molecule has 0 aromatic heterocycles. The monoisotopic (exact) mass is 354 g/mol. The van der Waals surface area contributed by atoms with E-state index in [1.54, 1.807) is 43.3 Å². The fourth-order valence-electron chi connectivity index (χ4n) is 2.93. The van der Waals surface area contributed by atoms with Crippen molar-refractivity contribution >= 4 is 15.9 Å². The van der Waals surface area contributed by atoms with Gasteiger partial charge in [-0.25, -0.2) is 8.42 Å². The van der Waals surface area contributed by atoms with Crippen LogP contribution in [0.1, 0.15) is 24.8 Å². The quantitative estimate of drug-likeness (QED) is 0.698. The summed E-state index contributed by atoms with van der Waals surface area (Å²) in [6.45, 7) is 3.43. The SMILES string of the molecule is COCCCN(C)C(=O)[C@@H]1CCCN1S(=O)(=O)c1ccc(C)cc1. The largest absolute Gasteiger partial charge is 0.385 e. The molecule has 7 heteroatoms. The molecule has 1 amide bonds. The summed E-state index contributed by atoms with van der Waals surface area (Å²) in [6, 6.07) is 6.15. The van der Waals surface area contributed by atoms with E-state index in [1.165, 1.54) is 4.31 Å². The number of nitrogens with zero attached hydrogens (tertiary/aromatic N) is 2.